The van der Waals surface area contributed by atoms with E-state index in [1.165, 1.54) is 19.3 Å². The SMILES string of the molecule is Cc1cccc(Cl)c1NCC1(CO)CCCCC1. The zero-order valence-electron chi connectivity index (χ0n) is 11.0. The Labute approximate surface area is 114 Å². The zero-order valence-corrected chi connectivity index (χ0v) is 11.8. The predicted octanol–water partition coefficient (Wildman–Crippen LogP) is 4.00. The molecule has 3 heteroatoms. The number of nitrogens with one attached hydrogen (secondary N) is 1. The van der Waals surface area contributed by atoms with E-state index in [2.05, 4.69) is 18.3 Å². The van der Waals surface area contributed by atoms with Crippen molar-refractivity contribution >= 4 is 17.3 Å². The highest BCUT2D eigenvalue weighted by Crippen LogP contribution is 2.37. The molecule has 0 saturated heterocycles. The summed E-state index contributed by atoms with van der Waals surface area (Å²) in [5.41, 5.74) is 2.22. The minimum atomic E-state index is 0.0455. The first-order valence-electron chi connectivity index (χ1n) is 6.77. The number of rotatable bonds is 4. The first-order valence-corrected chi connectivity index (χ1v) is 7.14. The van der Waals surface area contributed by atoms with E-state index in [4.69, 9.17) is 11.6 Å². The van der Waals surface area contributed by atoms with E-state index in [1.54, 1.807) is 0 Å². The van der Waals surface area contributed by atoms with Crippen LogP contribution in [0.5, 0.6) is 0 Å². The van der Waals surface area contributed by atoms with Crippen LogP contribution < -0.4 is 5.32 Å². The number of aryl methyl sites for hydroxylation is 1. The van der Waals surface area contributed by atoms with Crippen molar-refractivity contribution < 1.29 is 5.11 Å². The normalized spacial score (nSPS) is 18.6. The number of aliphatic hydroxyl groups is 1. The summed E-state index contributed by atoms with van der Waals surface area (Å²) in [5.74, 6) is 0. The standard InChI is InChI=1S/C15H22ClNO/c1-12-6-5-7-13(16)14(12)17-10-15(11-18)8-3-2-4-9-15/h5-7,17-18H,2-4,8-11H2,1H3. The van der Waals surface area contributed by atoms with E-state index in [-0.39, 0.29) is 12.0 Å². The Bertz CT molecular complexity index is 379. The number of aliphatic hydroxyl groups excluding tert-OH is 1. The van der Waals surface area contributed by atoms with Crippen LogP contribution in [0.25, 0.3) is 0 Å². The van der Waals surface area contributed by atoms with Crippen LogP contribution >= 0.6 is 11.6 Å². The molecule has 0 unspecified atom stereocenters. The summed E-state index contributed by atoms with van der Waals surface area (Å²) in [6, 6.07) is 5.93. The summed E-state index contributed by atoms with van der Waals surface area (Å²) in [4.78, 5) is 0. The van der Waals surface area contributed by atoms with Crippen molar-refractivity contribution in [3.05, 3.63) is 28.8 Å². The average molecular weight is 268 g/mol. The maximum atomic E-state index is 9.69. The topological polar surface area (TPSA) is 32.3 Å². The fourth-order valence-corrected chi connectivity index (χ4v) is 3.11. The third kappa shape index (κ3) is 2.99. The summed E-state index contributed by atoms with van der Waals surface area (Å²) in [6.45, 7) is 3.14. The lowest BCUT2D eigenvalue weighted by atomic mass is 9.74. The van der Waals surface area contributed by atoms with Gasteiger partial charge >= 0.3 is 0 Å². The largest absolute Gasteiger partial charge is 0.396 e. The Hall–Kier alpha value is -0.730. The molecule has 2 nitrogen and oxygen atoms in total. The van der Waals surface area contributed by atoms with Gasteiger partial charge in [0.2, 0.25) is 0 Å². The van der Waals surface area contributed by atoms with E-state index in [0.29, 0.717) is 0 Å². The molecule has 1 aliphatic carbocycles. The molecule has 18 heavy (non-hydrogen) atoms. The molecule has 1 aromatic rings. The van der Waals surface area contributed by atoms with Crippen molar-refractivity contribution in [1.29, 1.82) is 0 Å². The van der Waals surface area contributed by atoms with Crippen LogP contribution in [0.3, 0.4) is 0 Å². The van der Waals surface area contributed by atoms with E-state index in [0.717, 1.165) is 35.7 Å². The number of anilines is 1. The lowest BCUT2D eigenvalue weighted by molar-refractivity contribution is 0.0944. The molecule has 1 fully saturated rings. The van der Waals surface area contributed by atoms with Crippen LogP contribution in [0.2, 0.25) is 5.02 Å². The molecule has 0 bridgehead atoms. The van der Waals surface area contributed by atoms with Gasteiger partial charge in [0.05, 0.1) is 17.3 Å². The van der Waals surface area contributed by atoms with E-state index in [1.807, 2.05) is 12.1 Å². The second kappa shape index (κ2) is 5.94. The Morgan fingerprint density at radius 2 is 2.00 bits per heavy atom. The van der Waals surface area contributed by atoms with Gasteiger partial charge in [-0.15, -0.1) is 0 Å². The fraction of sp³-hybridized carbons (Fsp3) is 0.600. The molecule has 100 valence electrons. The number of benzene rings is 1. The smallest absolute Gasteiger partial charge is 0.0640 e. The van der Waals surface area contributed by atoms with Crippen molar-refractivity contribution in [2.75, 3.05) is 18.5 Å². The van der Waals surface area contributed by atoms with Crippen molar-refractivity contribution in [2.45, 2.75) is 39.0 Å². The van der Waals surface area contributed by atoms with E-state index in [9.17, 15) is 5.11 Å². The van der Waals surface area contributed by atoms with Gasteiger partial charge in [-0.3, -0.25) is 0 Å². The molecule has 0 amide bonds. The van der Waals surface area contributed by atoms with Gasteiger partial charge in [0.25, 0.3) is 0 Å². The lowest BCUT2D eigenvalue weighted by Gasteiger charge is -2.36. The Morgan fingerprint density at radius 1 is 1.28 bits per heavy atom. The minimum absolute atomic E-state index is 0.0455. The van der Waals surface area contributed by atoms with Gasteiger partial charge in [0, 0.05) is 12.0 Å². The number of para-hydroxylation sites is 1. The zero-order chi connectivity index (χ0) is 13.0. The fourth-order valence-electron chi connectivity index (χ4n) is 2.82. The minimum Gasteiger partial charge on any atom is -0.396 e. The second-order valence-corrected chi connectivity index (χ2v) is 5.91. The van der Waals surface area contributed by atoms with Crippen LogP contribution in [0.15, 0.2) is 18.2 Å². The first-order chi connectivity index (χ1) is 8.67. The highest BCUT2D eigenvalue weighted by molar-refractivity contribution is 6.33. The molecule has 0 heterocycles. The molecule has 2 rings (SSSR count). The van der Waals surface area contributed by atoms with Gasteiger partial charge in [-0.25, -0.2) is 0 Å². The van der Waals surface area contributed by atoms with Crippen LogP contribution in [0, 0.1) is 12.3 Å². The average Bonchev–Trinajstić information content (AvgIpc) is 2.39. The molecule has 0 spiro atoms. The Balaban J connectivity index is 2.05. The van der Waals surface area contributed by atoms with Gasteiger partial charge in [0.15, 0.2) is 0 Å². The molecule has 1 aromatic carbocycles. The number of halogens is 1. The van der Waals surface area contributed by atoms with Crippen LogP contribution in [-0.4, -0.2) is 18.3 Å². The van der Waals surface area contributed by atoms with Crippen LogP contribution in [-0.2, 0) is 0 Å². The maximum absolute atomic E-state index is 9.69. The molecule has 0 radical (unpaired) electrons. The highest BCUT2D eigenvalue weighted by atomic mass is 35.5. The van der Waals surface area contributed by atoms with Crippen LogP contribution in [0.4, 0.5) is 5.69 Å². The summed E-state index contributed by atoms with van der Waals surface area (Å²) in [6.07, 6.45) is 5.97. The van der Waals surface area contributed by atoms with Crippen molar-refractivity contribution in [3.63, 3.8) is 0 Å². The van der Waals surface area contributed by atoms with Gasteiger partial charge in [-0.2, -0.15) is 0 Å². The van der Waals surface area contributed by atoms with E-state index >= 15 is 0 Å². The van der Waals surface area contributed by atoms with Crippen LogP contribution in [0.1, 0.15) is 37.7 Å². The third-order valence-corrected chi connectivity index (χ3v) is 4.43. The molecule has 1 saturated carbocycles. The van der Waals surface area contributed by atoms with Crippen molar-refractivity contribution in [2.24, 2.45) is 5.41 Å². The molecule has 1 aliphatic rings. The molecule has 0 atom stereocenters. The predicted molar refractivity (Wildman–Crippen MR) is 77.3 cm³/mol. The number of hydrogen-bond donors (Lipinski definition) is 2. The van der Waals surface area contributed by atoms with Crippen molar-refractivity contribution in [3.8, 4) is 0 Å². The molecular weight excluding hydrogens is 246 g/mol. The van der Waals surface area contributed by atoms with Gasteiger partial charge < -0.3 is 10.4 Å². The summed E-state index contributed by atoms with van der Waals surface area (Å²) in [7, 11) is 0. The van der Waals surface area contributed by atoms with Gasteiger partial charge in [-0.1, -0.05) is 43.0 Å². The summed E-state index contributed by atoms with van der Waals surface area (Å²) in [5, 5.41) is 13.9. The summed E-state index contributed by atoms with van der Waals surface area (Å²) < 4.78 is 0. The third-order valence-electron chi connectivity index (χ3n) is 4.11. The molecule has 2 N–H and O–H groups in total. The lowest BCUT2D eigenvalue weighted by Crippen LogP contribution is -2.35. The maximum Gasteiger partial charge on any atom is 0.0640 e. The van der Waals surface area contributed by atoms with Gasteiger partial charge in [0.1, 0.15) is 0 Å². The highest BCUT2D eigenvalue weighted by Gasteiger charge is 2.31. The van der Waals surface area contributed by atoms with E-state index < -0.39 is 0 Å². The van der Waals surface area contributed by atoms with Crippen molar-refractivity contribution in [1.82, 2.24) is 0 Å². The number of hydrogen-bond acceptors (Lipinski definition) is 2. The second-order valence-electron chi connectivity index (χ2n) is 5.50. The quantitative estimate of drug-likeness (QED) is 0.864. The monoisotopic (exact) mass is 267 g/mol. The first kappa shape index (κ1) is 13.7. The Morgan fingerprint density at radius 3 is 2.61 bits per heavy atom. The molecule has 0 aromatic heterocycles. The summed E-state index contributed by atoms with van der Waals surface area (Å²) >= 11 is 6.21. The molecule has 0 aliphatic heterocycles. The van der Waals surface area contributed by atoms with Gasteiger partial charge in [-0.05, 0) is 31.4 Å². The Kier molecular flexibility index (Phi) is 4.52. The molecular formula is C15H22ClNO.